The second-order valence-corrected chi connectivity index (χ2v) is 7.17. The van der Waals surface area contributed by atoms with Crippen molar-refractivity contribution in [2.75, 3.05) is 32.7 Å². The van der Waals surface area contributed by atoms with Crippen LogP contribution in [0.2, 0.25) is 5.02 Å². The minimum atomic E-state index is -3.35. The summed E-state index contributed by atoms with van der Waals surface area (Å²) < 4.78 is 24.9. The normalized spacial score (nSPS) is 22.1. The summed E-state index contributed by atoms with van der Waals surface area (Å²) >= 11 is 6.07. The van der Waals surface area contributed by atoms with E-state index in [1.165, 1.54) is 0 Å². The van der Waals surface area contributed by atoms with Gasteiger partial charge in [0, 0.05) is 43.3 Å². The van der Waals surface area contributed by atoms with Gasteiger partial charge in [0.15, 0.2) is 0 Å². The minimum absolute atomic E-state index is 0.338. The van der Waals surface area contributed by atoms with E-state index in [0.717, 1.165) is 26.2 Å². The van der Waals surface area contributed by atoms with Crippen LogP contribution in [0.5, 0.6) is 0 Å². The third kappa shape index (κ3) is 2.31. The van der Waals surface area contributed by atoms with Gasteiger partial charge in [-0.3, -0.25) is 4.90 Å². The number of piperazine rings is 1. The lowest BCUT2D eigenvalue weighted by Gasteiger charge is -2.27. The number of nitrogens with zero attached hydrogens (tertiary/aromatic N) is 1. The number of hydrogen-bond donors (Lipinski definition) is 1. The van der Waals surface area contributed by atoms with Crippen molar-refractivity contribution in [1.82, 2.24) is 10.2 Å². The minimum Gasteiger partial charge on any atom is -0.314 e. The highest BCUT2D eigenvalue weighted by atomic mass is 35.5. The molecule has 0 bridgehead atoms. The van der Waals surface area contributed by atoms with Crippen LogP contribution >= 0.6 is 11.6 Å². The first-order chi connectivity index (χ1) is 9.09. The van der Waals surface area contributed by atoms with Crippen LogP contribution in [0.15, 0.2) is 28.0 Å². The maximum Gasteiger partial charge on any atom is 0.204 e. The smallest absolute Gasteiger partial charge is 0.204 e. The Morgan fingerprint density at radius 1 is 1.26 bits per heavy atom. The summed E-state index contributed by atoms with van der Waals surface area (Å²) in [6.45, 7) is 4.02. The molecule has 0 saturated carbocycles. The Balaban J connectivity index is 1.92. The fourth-order valence-corrected chi connectivity index (χ4v) is 4.40. The molecule has 1 aromatic rings. The third-order valence-electron chi connectivity index (χ3n) is 3.54. The standard InChI is InChI=1S/C13H15ClN2O2S/c14-12-2-1-3-13-11(12)8-10(19(13,17)18)9-16-6-4-15-5-7-16/h1-3,8,15H,4-7,9H2. The van der Waals surface area contributed by atoms with Gasteiger partial charge in [-0.05, 0) is 18.2 Å². The van der Waals surface area contributed by atoms with Gasteiger partial charge in [0.1, 0.15) is 0 Å². The van der Waals surface area contributed by atoms with Crippen molar-refractivity contribution in [2.24, 2.45) is 0 Å². The Hall–Kier alpha value is -0.880. The van der Waals surface area contributed by atoms with Crippen LogP contribution in [0.1, 0.15) is 5.56 Å². The van der Waals surface area contributed by atoms with Gasteiger partial charge in [0.05, 0.1) is 9.80 Å². The number of rotatable bonds is 2. The number of nitrogens with one attached hydrogen (secondary N) is 1. The molecule has 19 heavy (non-hydrogen) atoms. The summed E-state index contributed by atoms with van der Waals surface area (Å²) in [7, 11) is -3.35. The highest BCUT2D eigenvalue weighted by Gasteiger charge is 2.31. The maximum atomic E-state index is 12.4. The first kappa shape index (κ1) is 13.1. The summed E-state index contributed by atoms with van der Waals surface area (Å²) in [5, 5.41) is 3.75. The van der Waals surface area contributed by atoms with Crippen LogP contribution in [0.3, 0.4) is 0 Å². The Kier molecular flexibility index (Phi) is 3.39. The molecule has 1 saturated heterocycles. The van der Waals surface area contributed by atoms with Crippen LogP contribution in [-0.4, -0.2) is 46.0 Å². The zero-order chi connectivity index (χ0) is 13.5. The summed E-state index contributed by atoms with van der Waals surface area (Å²) in [4.78, 5) is 2.95. The van der Waals surface area contributed by atoms with Crippen LogP contribution in [0.4, 0.5) is 0 Å². The van der Waals surface area contributed by atoms with E-state index in [1.54, 1.807) is 24.3 Å². The quantitative estimate of drug-likeness (QED) is 0.896. The van der Waals surface area contributed by atoms with Crippen molar-refractivity contribution >= 4 is 27.5 Å². The molecule has 102 valence electrons. The van der Waals surface area contributed by atoms with E-state index in [2.05, 4.69) is 10.2 Å². The van der Waals surface area contributed by atoms with Crippen molar-refractivity contribution in [3.8, 4) is 0 Å². The van der Waals surface area contributed by atoms with Gasteiger partial charge in [-0.25, -0.2) is 8.42 Å². The van der Waals surface area contributed by atoms with Crippen molar-refractivity contribution in [1.29, 1.82) is 0 Å². The molecule has 0 aromatic heterocycles. The predicted octanol–water partition coefficient (Wildman–Crippen LogP) is 1.37. The molecule has 1 fully saturated rings. The SMILES string of the molecule is O=S1(=O)C(CN2CCNCC2)=Cc2c(Cl)cccc21. The van der Waals surface area contributed by atoms with E-state index < -0.39 is 9.84 Å². The number of fused-ring (bicyclic) bond motifs is 1. The lowest BCUT2D eigenvalue weighted by Crippen LogP contribution is -2.44. The molecular weight excluding hydrogens is 284 g/mol. The average molecular weight is 299 g/mol. The number of sulfone groups is 1. The van der Waals surface area contributed by atoms with Crippen molar-refractivity contribution in [3.05, 3.63) is 33.7 Å². The van der Waals surface area contributed by atoms with E-state index in [-0.39, 0.29) is 0 Å². The molecule has 2 heterocycles. The highest BCUT2D eigenvalue weighted by molar-refractivity contribution is 7.95. The van der Waals surface area contributed by atoms with Gasteiger partial charge in [0.25, 0.3) is 0 Å². The monoisotopic (exact) mass is 298 g/mol. The molecule has 3 rings (SSSR count). The van der Waals surface area contributed by atoms with E-state index in [9.17, 15) is 8.42 Å². The Labute approximate surface area is 118 Å². The van der Waals surface area contributed by atoms with Gasteiger partial charge in [-0.1, -0.05) is 17.7 Å². The van der Waals surface area contributed by atoms with Gasteiger partial charge in [-0.15, -0.1) is 0 Å². The summed E-state index contributed by atoms with van der Waals surface area (Å²) in [6.07, 6.45) is 1.72. The van der Waals surface area contributed by atoms with Crippen molar-refractivity contribution < 1.29 is 8.42 Å². The van der Waals surface area contributed by atoms with E-state index in [0.29, 0.717) is 26.9 Å². The fraction of sp³-hybridized carbons (Fsp3) is 0.385. The highest BCUT2D eigenvalue weighted by Crippen LogP contribution is 2.36. The van der Waals surface area contributed by atoms with E-state index >= 15 is 0 Å². The van der Waals surface area contributed by atoms with Crippen molar-refractivity contribution in [2.45, 2.75) is 4.90 Å². The van der Waals surface area contributed by atoms with E-state index in [1.807, 2.05) is 0 Å². The summed E-state index contributed by atoms with van der Waals surface area (Å²) in [5.74, 6) is 0. The lowest BCUT2D eigenvalue weighted by molar-refractivity contribution is 0.263. The lowest BCUT2D eigenvalue weighted by atomic mass is 10.2. The number of halogens is 1. The molecule has 2 aliphatic rings. The molecule has 1 N–H and O–H groups in total. The van der Waals surface area contributed by atoms with Gasteiger partial charge in [0.2, 0.25) is 9.84 Å². The van der Waals surface area contributed by atoms with Crippen LogP contribution in [0, 0.1) is 0 Å². The molecule has 4 nitrogen and oxygen atoms in total. The van der Waals surface area contributed by atoms with Gasteiger partial charge < -0.3 is 5.32 Å². The molecule has 0 atom stereocenters. The average Bonchev–Trinajstić information content (AvgIpc) is 2.65. The summed E-state index contributed by atoms with van der Waals surface area (Å²) in [6, 6.07) is 5.03. The first-order valence-electron chi connectivity index (χ1n) is 6.26. The molecule has 2 aliphatic heterocycles. The molecule has 0 unspecified atom stereocenters. The second-order valence-electron chi connectivity index (χ2n) is 4.79. The maximum absolute atomic E-state index is 12.4. The predicted molar refractivity (Wildman–Crippen MR) is 75.9 cm³/mol. The Morgan fingerprint density at radius 3 is 2.68 bits per heavy atom. The zero-order valence-electron chi connectivity index (χ0n) is 10.4. The first-order valence-corrected chi connectivity index (χ1v) is 8.12. The van der Waals surface area contributed by atoms with Crippen LogP contribution in [0.25, 0.3) is 6.08 Å². The zero-order valence-corrected chi connectivity index (χ0v) is 12.0. The number of hydrogen-bond acceptors (Lipinski definition) is 4. The topological polar surface area (TPSA) is 49.4 Å². The fourth-order valence-electron chi connectivity index (χ4n) is 2.49. The summed E-state index contributed by atoms with van der Waals surface area (Å²) in [5.41, 5.74) is 0.634. The largest absolute Gasteiger partial charge is 0.314 e. The Morgan fingerprint density at radius 2 is 2.00 bits per heavy atom. The molecule has 0 spiro atoms. The van der Waals surface area contributed by atoms with Gasteiger partial charge in [-0.2, -0.15) is 0 Å². The molecule has 0 radical (unpaired) electrons. The van der Waals surface area contributed by atoms with Gasteiger partial charge >= 0.3 is 0 Å². The van der Waals surface area contributed by atoms with E-state index in [4.69, 9.17) is 11.6 Å². The third-order valence-corrected chi connectivity index (χ3v) is 5.74. The van der Waals surface area contributed by atoms with Crippen LogP contribution < -0.4 is 5.32 Å². The Bertz CT molecular complexity index is 634. The molecule has 0 aliphatic carbocycles. The second kappa shape index (κ2) is 4.90. The molecule has 6 heteroatoms. The van der Waals surface area contributed by atoms with Crippen LogP contribution in [-0.2, 0) is 9.84 Å². The molecular formula is C13H15ClN2O2S. The molecule has 1 aromatic carbocycles. The van der Waals surface area contributed by atoms with Crippen molar-refractivity contribution in [3.63, 3.8) is 0 Å². The molecule has 0 amide bonds. The number of benzene rings is 1.